The van der Waals surface area contributed by atoms with Gasteiger partial charge in [-0.25, -0.2) is 14.3 Å². The number of carbonyl (C=O) groups excluding carboxylic acids is 1. The topological polar surface area (TPSA) is 86.9 Å². The molecule has 0 saturated heterocycles. The summed E-state index contributed by atoms with van der Waals surface area (Å²) >= 11 is 0. The highest BCUT2D eigenvalue weighted by atomic mass is 16.5. The number of aryl methyl sites for hydroxylation is 3. The molecule has 1 amide bonds. The van der Waals surface area contributed by atoms with Crippen molar-refractivity contribution in [3.05, 3.63) is 53.4 Å². The number of amides is 1. The van der Waals surface area contributed by atoms with E-state index in [-0.39, 0.29) is 17.4 Å². The van der Waals surface area contributed by atoms with E-state index in [1.807, 2.05) is 49.0 Å². The highest BCUT2D eigenvalue weighted by molar-refractivity contribution is 5.76. The molecule has 0 bridgehead atoms. The van der Waals surface area contributed by atoms with E-state index in [4.69, 9.17) is 4.74 Å². The Labute approximate surface area is 182 Å². The number of carbonyl (C=O) groups is 1. The van der Waals surface area contributed by atoms with Crippen LogP contribution in [0.25, 0.3) is 5.69 Å². The molecule has 1 atom stereocenters. The molecule has 1 unspecified atom stereocenters. The maximum absolute atomic E-state index is 12.8. The predicted octanol–water partition coefficient (Wildman–Crippen LogP) is 3.31. The van der Waals surface area contributed by atoms with Crippen LogP contribution in [0.5, 0.6) is 5.75 Å². The monoisotopic (exact) mass is 422 g/mol. The van der Waals surface area contributed by atoms with Crippen molar-refractivity contribution in [1.82, 2.24) is 29.9 Å². The van der Waals surface area contributed by atoms with Crippen molar-refractivity contribution in [2.45, 2.75) is 59.5 Å². The SMILES string of the molecule is COc1ccc(-n2ncc3c2CC(C)(C)CC3NC(=O)CCn2nc(C)nc2C)cc1. The van der Waals surface area contributed by atoms with Crippen molar-refractivity contribution < 1.29 is 9.53 Å². The van der Waals surface area contributed by atoms with Crippen molar-refractivity contribution in [3.63, 3.8) is 0 Å². The Kier molecular flexibility index (Phi) is 5.56. The maximum atomic E-state index is 12.8. The maximum Gasteiger partial charge on any atom is 0.222 e. The van der Waals surface area contributed by atoms with Crippen LogP contribution in [0.4, 0.5) is 0 Å². The summed E-state index contributed by atoms with van der Waals surface area (Å²) in [6.07, 6.45) is 4.03. The van der Waals surface area contributed by atoms with Gasteiger partial charge in [-0.2, -0.15) is 10.2 Å². The van der Waals surface area contributed by atoms with Gasteiger partial charge < -0.3 is 10.1 Å². The Balaban J connectivity index is 1.52. The van der Waals surface area contributed by atoms with E-state index in [0.29, 0.717) is 13.0 Å². The van der Waals surface area contributed by atoms with Gasteiger partial charge in [0.15, 0.2) is 0 Å². The van der Waals surface area contributed by atoms with Crippen LogP contribution in [0, 0.1) is 19.3 Å². The number of nitrogens with one attached hydrogen (secondary N) is 1. The average Bonchev–Trinajstić information content (AvgIpc) is 3.27. The fraction of sp³-hybridized carbons (Fsp3) is 0.478. The molecule has 2 heterocycles. The fourth-order valence-electron chi connectivity index (χ4n) is 4.36. The van der Waals surface area contributed by atoms with E-state index < -0.39 is 0 Å². The van der Waals surface area contributed by atoms with Gasteiger partial charge in [-0.05, 0) is 56.4 Å². The second-order valence-electron chi connectivity index (χ2n) is 9.00. The first kappa shape index (κ1) is 21.1. The Morgan fingerprint density at radius 1 is 1.26 bits per heavy atom. The number of fused-ring (bicyclic) bond motifs is 1. The van der Waals surface area contributed by atoms with Crippen molar-refractivity contribution in [3.8, 4) is 11.4 Å². The molecule has 0 saturated carbocycles. The molecule has 4 rings (SSSR count). The van der Waals surface area contributed by atoms with Crippen LogP contribution in [0.3, 0.4) is 0 Å². The van der Waals surface area contributed by atoms with Gasteiger partial charge in [0.2, 0.25) is 5.91 Å². The minimum absolute atomic E-state index is 0.0124. The van der Waals surface area contributed by atoms with E-state index in [2.05, 4.69) is 34.3 Å². The summed E-state index contributed by atoms with van der Waals surface area (Å²) < 4.78 is 9.04. The molecule has 31 heavy (non-hydrogen) atoms. The molecular formula is C23H30N6O2. The number of hydrogen-bond acceptors (Lipinski definition) is 5. The third-order valence-electron chi connectivity index (χ3n) is 5.84. The smallest absolute Gasteiger partial charge is 0.222 e. The van der Waals surface area contributed by atoms with E-state index in [0.717, 1.165) is 47.2 Å². The highest BCUT2D eigenvalue weighted by Crippen LogP contribution is 2.41. The number of rotatable bonds is 6. The Hall–Kier alpha value is -3.16. The molecule has 1 N–H and O–H groups in total. The number of methoxy groups -OCH3 is 1. The summed E-state index contributed by atoms with van der Waals surface area (Å²) in [6, 6.07) is 7.82. The van der Waals surface area contributed by atoms with E-state index in [9.17, 15) is 4.79 Å². The van der Waals surface area contributed by atoms with Gasteiger partial charge in [-0.15, -0.1) is 0 Å². The standard InChI is InChI=1S/C23H30N6O2/c1-15-25-16(2)28(27-15)11-10-22(30)26-20-12-23(3,4)13-21-19(20)14-24-29(21)17-6-8-18(31-5)9-7-17/h6-9,14,20H,10-13H2,1-5H3,(H,26,30). The summed E-state index contributed by atoms with van der Waals surface area (Å²) in [5, 5.41) is 12.2. The lowest BCUT2D eigenvalue weighted by atomic mass is 9.74. The summed E-state index contributed by atoms with van der Waals surface area (Å²) in [6.45, 7) is 8.76. The van der Waals surface area contributed by atoms with Gasteiger partial charge in [-0.3, -0.25) is 4.79 Å². The lowest BCUT2D eigenvalue weighted by Crippen LogP contribution is -2.37. The Bertz CT molecular complexity index is 1080. The summed E-state index contributed by atoms with van der Waals surface area (Å²) in [5.41, 5.74) is 3.28. The Morgan fingerprint density at radius 2 is 2.00 bits per heavy atom. The Morgan fingerprint density at radius 3 is 2.65 bits per heavy atom. The molecule has 0 fully saturated rings. The molecule has 0 radical (unpaired) electrons. The highest BCUT2D eigenvalue weighted by Gasteiger charge is 2.36. The zero-order valence-electron chi connectivity index (χ0n) is 18.8. The first-order valence-corrected chi connectivity index (χ1v) is 10.6. The summed E-state index contributed by atoms with van der Waals surface area (Å²) in [7, 11) is 1.66. The quantitative estimate of drug-likeness (QED) is 0.659. The van der Waals surface area contributed by atoms with Crippen LogP contribution in [0.2, 0.25) is 0 Å². The first-order chi connectivity index (χ1) is 14.8. The minimum atomic E-state index is -0.0585. The first-order valence-electron chi connectivity index (χ1n) is 10.6. The molecule has 1 aromatic carbocycles. The predicted molar refractivity (Wildman–Crippen MR) is 117 cm³/mol. The van der Waals surface area contributed by atoms with Crippen LogP contribution >= 0.6 is 0 Å². The molecular weight excluding hydrogens is 392 g/mol. The molecule has 2 aromatic heterocycles. The molecule has 1 aliphatic carbocycles. The number of hydrogen-bond donors (Lipinski definition) is 1. The number of ether oxygens (including phenoxy) is 1. The van der Waals surface area contributed by atoms with Crippen LogP contribution in [-0.4, -0.2) is 37.6 Å². The third-order valence-corrected chi connectivity index (χ3v) is 5.84. The molecule has 8 nitrogen and oxygen atoms in total. The molecule has 3 aromatic rings. The summed E-state index contributed by atoms with van der Waals surface area (Å²) in [4.78, 5) is 17.1. The second-order valence-corrected chi connectivity index (χ2v) is 9.00. The molecule has 0 spiro atoms. The molecule has 1 aliphatic rings. The lowest BCUT2D eigenvalue weighted by molar-refractivity contribution is -0.122. The zero-order chi connectivity index (χ0) is 22.2. The van der Waals surface area contributed by atoms with Crippen LogP contribution < -0.4 is 10.1 Å². The lowest BCUT2D eigenvalue weighted by Gasteiger charge is -2.36. The van der Waals surface area contributed by atoms with Gasteiger partial charge in [-0.1, -0.05) is 13.8 Å². The molecule has 8 heteroatoms. The summed E-state index contributed by atoms with van der Waals surface area (Å²) in [5.74, 6) is 2.38. The second kappa shape index (κ2) is 8.17. The van der Waals surface area contributed by atoms with Crippen LogP contribution in [-0.2, 0) is 17.8 Å². The number of aromatic nitrogens is 5. The normalized spacial score (nSPS) is 17.3. The van der Waals surface area contributed by atoms with Gasteiger partial charge in [0, 0.05) is 12.0 Å². The molecule has 164 valence electrons. The van der Waals surface area contributed by atoms with Crippen molar-refractivity contribution >= 4 is 5.91 Å². The van der Waals surface area contributed by atoms with Gasteiger partial charge in [0.1, 0.15) is 17.4 Å². The van der Waals surface area contributed by atoms with Crippen molar-refractivity contribution in [2.24, 2.45) is 5.41 Å². The van der Waals surface area contributed by atoms with E-state index in [1.165, 1.54) is 0 Å². The fourth-order valence-corrected chi connectivity index (χ4v) is 4.36. The van der Waals surface area contributed by atoms with E-state index >= 15 is 0 Å². The van der Waals surface area contributed by atoms with Gasteiger partial charge in [0.05, 0.1) is 37.3 Å². The van der Waals surface area contributed by atoms with Crippen molar-refractivity contribution in [2.75, 3.05) is 7.11 Å². The average molecular weight is 423 g/mol. The van der Waals surface area contributed by atoms with Gasteiger partial charge in [0.25, 0.3) is 0 Å². The van der Waals surface area contributed by atoms with Crippen LogP contribution in [0.15, 0.2) is 30.5 Å². The molecule has 0 aliphatic heterocycles. The van der Waals surface area contributed by atoms with Crippen LogP contribution in [0.1, 0.15) is 55.6 Å². The van der Waals surface area contributed by atoms with Crippen molar-refractivity contribution in [1.29, 1.82) is 0 Å². The zero-order valence-corrected chi connectivity index (χ0v) is 18.8. The number of nitrogens with zero attached hydrogens (tertiary/aromatic N) is 5. The van der Waals surface area contributed by atoms with E-state index in [1.54, 1.807) is 11.8 Å². The third kappa shape index (κ3) is 4.47. The minimum Gasteiger partial charge on any atom is -0.497 e. The number of benzene rings is 1. The van der Waals surface area contributed by atoms with Gasteiger partial charge >= 0.3 is 0 Å². The largest absolute Gasteiger partial charge is 0.497 e.